The third-order valence-electron chi connectivity index (χ3n) is 2.67. The average Bonchev–Trinajstić information content (AvgIpc) is 2.27. The minimum Gasteiger partial charge on any atom is -0.479 e. The monoisotopic (exact) mass is 243 g/mol. The lowest BCUT2D eigenvalue weighted by molar-refractivity contribution is -0.172. The summed E-state index contributed by atoms with van der Waals surface area (Å²) in [7, 11) is 1.40. The van der Waals surface area contributed by atoms with E-state index >= 15 is 0 Å². The van der Waals surface area contributed by atoms with Gasteiger partial charge in [0.1, 0.15) is 11.3 Å². The predicted molar refractivity (Wildman–Crippen MR) is 54.5 cm³/mol. The largest absolute Gasteiger partial charge is 0.479 e. The highest BCUT2D eigenvalue weighted by molar-refractivity contribution is 8.00. The number of carboxylic acids is 1. The molecular weight excluding hydrogens is 234 g/mol. The summed E-state index contributed by atoms with van der Waals surface area (Å²) in [5, 5.41) is 8.69. The van der Waals surface area contributed by atoms with Crippen molar-refractivity contribution in [2.24, 2.45) is 0 Å². The van der Waals surface area contributed by atoms with Crippen molar-refractivity contribution in [1.29, 1.82) is 0 Å². The van der Waals surface area contributed by atoms with Gasteiger partial charge in [-0.2, -0.15) is 0 Å². The smallest absolute Gasteiger partial charge is 0.331 e. The van der Waals surface area contributed by atoms with E-state index in [4.69, 9.17) is 9.84 Å². The first kappa shape index (κ1) is 11.2. The summed E-state index contributed by atoms with van der Waals surface area (Å²) in [5.41, 5.74) is 0.0941. The number of hydrogen-bond acceptors (Lipinski definition) is 5. The second-order valence-corrected chi connectivity index (χ2v) is 4.58. The van der Waals surface area contributed by atoms with Gasteiger partial charge in [-0.25, -0.2) is 9.59 Å². The normalized spacial score (nSPS) is 32.8. The molecule has 0 spiro atoms. The summed E-state index contributed by atoms with van der Waals surface area (Å²) in [5.74, 6) is 0.285. The SMILES string of the molecule is COC1C(=O)N2C(C(=O)O)C(=C=O)CS[C@H]12. The molecule has 0 aliphatic carbocycles. The maximum Gasteiger partial charge on any atom is 0.331 e. The Hall–Kier alpha value is -1.30. The van der Waals surface area contributed by atoms with E-state index in [9.17, 15) is 14.4 Å². The van der Waals surface area contributed by atoms with Crippen LogP contribution in [0.1, 0.15) is 0 Å². The number of nitrogens with zero attached hydrogens (tertiary/aromatic N) is 1. The Kier molecular flexibility index (Phi) is 2.75. The number of amides is 1. The number of methoxy groups -OCH3 is 1. The molecule has 0 radical (unpaired) electrons. The van der Waals surface area contributed by atoms with Crippen LogP contribution >= 0.6 is 11.8 Å². The molecule has 0 aromatic rings. The van der Waals surface area contributed by atoms with Gasteiger partial charge in [-0.3, -0.25) is 4.79 Å². The topological polar surface area (TPSA) is 83.9 Å². The maximum absolute atomic E-state index is 11.6. The Balaban J connectivity index is 2.30. The number of ether oxygens (including phenoxy) is 1. The predicted octanol–water partition coefficient (Wildman–Crippen LogP) is -0.872. The minimum atomic E-state index is -1.20. The summed E-state index contributed by atoms with van der Waals surface area (Å²) in [6.07, 6.45) is -0.597. The van der Waals surface area contributed by atoms with Gasteiger partial charge in [0.15, 0.2) is 12.1 Å². The van der Waals surface area contributed by atoms with Crippen LogP contribution in [0.5, 0.6) is 0 Å². The molecule has 0 saturated carbocycles. The van der Waals surface area contributed by atoms with Crippen LogP contribution in [-0.2, 0) is 19.1 Å². The molecule has 2 saturated heterocycles. The summed E-state index contributed by atoms with van der Waals surface area (Å²) < 4.78 is 4.95. The summed E-state index contributed by atoms with van der Waals surface area (Å²) in [6, 6.07) is -1.18. The van der Waals surface area contributed by atoms with Crippen molar-refractivity contribution in [3.8, 4) is 0 Å². The summed E-state index contributed by atoms with van der Waals surface area (Å²) in [4.78, 5) is 34.4. The van der Waals surface area contributed by atoms with E-state index < -0.39 is 18.1 Å². The van der Waals surface area contributed by atoms with E-state index in [2.05, 4.69) is 0 Å². The van der Waals surface area contributed by atoms with Crippen molar-refractivity contribution in [1.82, 2.24) is 4.90 Å². The van der Waals surface area contributed by atoms with Crippen molar-refractivity contribution in [3.05, 3.63) is 5.57 Å². The van der Waals surface area contributed by atoms with Crippen molar-refractivity contribution in [2.75, 3.05) is 12.9 Å². The highest BCUT2D eigenvalue weighted by Crippen LogP contribution is 2.40. The summed E-state index contributed by atoms with van der Waals surface area (Å²) in [6.45, 7) is 0. The molecule has 0 aromatic carbocycles. The number of carbonyl (C=O) groups is 2. The van der Waals surface area contributed by atoms with Gasteiger partial charge in [0.25, 0.3) is 5.91 Å². The average molecular weight is 243 g/mol. The maximum atomic E-state index is 11.6. The number of thioether (sulfide) groups is 1. The van der Waals surface area contributed by atoms with Crippen molar-refractivity contribution >= 4 is 29.6 Å². The number of rotatable bonds is 2. The van der Waals surface area contributed by atoms with Crippen LogP contribution in [0.4, 0.5) is 0 Å². The highest BCUT2D eigenvalue weighted by atomic mass is 32.2. The van der Waals surface area contributed by atoms with Crippen molar-refractivity contribution < 1.29 is 24.2 Å². The van der Waals surface area contributed by atoms with E-state index in [1.54, 1.807) is 5.94 Å². The lowest BCUT2D eigenvalue weighted by atomic mass is 10.0. The van der Waals surface area contributed by atoms with Gasteiger partial charge in [-0.15, -0.1) is 11.8 Å². The Morgan fingerprint density at radius 3 is 2.88 bits per heavy atom. The zero-order valence-electron chi connectivity index (χ0n) is 8.37. The first-order valence-corrected chi connectivity index (χ1v) is 5.60. The second kappa shape index (κ2) is 3.93. The minimum absolute atomic E-state index is 0.0941. The van der Waals surface area contributed by atoms with E-state index in [-0.39, 0.29) is 22.6 Å². The van der Waals surface area contributed by atoms with Crippen LogP contribution in [0.15, 0.2) is 5.57 Å². The van der Waals surface area contributed by atoms with Gasteiger partial charge < -0.3 is 14.7 Å². The number of fused-ring (bicyclic) bond motifs is 1. The fourth-order valence-corrected chi connectivity index (χ4v) is 3.25. The summed E-state index contributed by atoms with van der Waals surface area (Å²) >= 11 is 1.32. The van der Waals surface area contributed by atoms with Gasteiger partial charge in [-0.05, 0) is 0 Å². The number of aliphatic carboxylic acids is 1. The van der Waals surface area contributed by atoms with Crippen LogP contribution in [0.2, 0.25) is 0 Å². The molecule has 2 heterocycles. The Morgan fingerprint density at radius 1 is 1.69 bits per heavy atom. The quantitative estimate of drug-likeness (QED) is 0.501. The number of β-lactam (4-membered cyclic amide) rings is 1. The number of hydrogen-bond donors (Lipinski definition) is 1. The molecule has 16 heavy (non-hydrogen) atoms. The van der Waals surface area contributed by atoms with Crippen LogP contribution in [0, 0.1) is 0 Å². The fraction of sp³-hybridized carbons (Fsp3) is 0.556. The van der Waals surface area contributed by atoms with E-state index in [0.717, 1.165) is 0 Å². The standard InChI is InChI=1S/C9H9NO5S/c1-15-6-7(12)10-5(9(13)14)4(2-11)3-16-8(6)10/h5-6,8H,3H2,1H3,(H,13,14)/t5?,6?,8-/m1/s1. The third kappa shape index (κ3) is 1.36. The molecule has 2 fully saturated rings. The van der Waals surface area contributed by atoms with Gasteiger partial charge in [-0.1, -0.05) is 0 Å². The molecule has 2 aliphatic rings. The zero-order chi connectivity index (χ0) is 11.9. The molecule has 0 bridgehead atoms. The molecule has 0 aromatic heterocycles. The Labute approximate surface area is 95.2 Å². The molecule has 6 nitrogen and oxygen atoms in total. The van der Waals surface area contributed by atoms with Gasteiger partial charge in [0.05, 0.1) is 5.57 Å². The first-order chi connectivity index (χ1) is 7.61. The highest BCUT2D eigenvalue weighted by Gasteiger charge is 2.56. The molecule has 2 rings (SSSR count). The Morgan fingerprint density at radius 2 is 2.38 bits per heavy atom. The zero-order valence-corrected chi connectivity index (χ0v) is 9.19. The lowest BCUT2D eigenvalue weighted by Crippen LogP contribution is -2.70. The molecule has 2 unspecified atom stereocenters. The number of carbonyl (C=O) groups excluding carboxylic acids is 2. The fourth-order valence-electron chi connectivity index (χ4n) is 1.89. The van der Waals surface area contributed by atoms with Crippen LogP contribution < -0.4 is 0 Å². The molecule has 1 N–H and O–H groups in total. The van der Waals surface area contributed by atoms with Gasteiger partial charge in [0, 0.05) is 12.9 Å². The van der Waals surface area contributed by atoms with Gasteiger partial charge >= 0.3 is 5.97 Å². The first-order valence-electron chi connectivity index (χ1n) is 4.55. The van der Waals surface area contributed by atoms with Crippen LogP contribution in [0.3, 0.4) is 0 Å². The van der Waals surface area contributed by atoms with E-state index in [0.29, 0.717) is 0 Å². The van der Waals surface area contributed by atoms with Crippen LogP contribution in [0.25, 0.3) is 0 Å². The molecule has 1 amide bonds. The van der Waals surface area contributed by atoms with Crippen molar-refractivity contribution in [2.45, 2.75) is 17.5 Å². The second-order valence-electron chi connectivity index (χ2n) is 3.47. The van der Waals surface area contributed by atoms with E-state index in [1.807, 2.05) is 0 Å². The lowest BCUT2D eigenvalue weighted by Gasteiger charge is -2.50. The molecule has 86 valence electrons. The molecular formula is C9H9NO5S. The third-order valence-corrected chi connectivity index (χ3v) is 3.96. The number of carboxylic acid groups (broad SMARTS) is 1. The van der Waals surface area contributed by atoms with Crippen molar-refractivity contribution in [3.63, 3.8) is 0 Å². The molecule has 7 heteroatoms. The van der Waals surface area contributed by atoms with Gasteiger partial charge in [0.2, 0.25) is 0 Å². The van der Waals surface area contributed by atoms with Crippen LogP contribution in [-0.4, -0.2) is 58.2 Å². The Bertz CT molecular complexity index is 403. The molecule has 2 aliphatic heterocycles. The molecule has 3 atom stereocenters. The van der Waals surface area contributed by atoms with E-state index in [1.165, 1.54) is 23.8 Å².